The predicted octanol–water partition coefficient (Wildman–Crippen LogP) is 2.87. The molecular formula is C26H35N3O4. The number of aromatic hydroxyl groups is 1. The number of phenols is 1. The third-order valence-electron chi connectivity index (χ3n) is 9.82. The third-order valence-corrected chi connectivity index (χ3v) is 9.82. The average Bonchev–Trinajstić information content (AvgIpc) is 3.25. The van der Waals surface area contributed by atoms with Gasteiger partial charge in [-0.3, -0.25) is 14.6 Å². The molecule has 1 aromatic rings. The van der Waals surface area contributed by atoms with Crippen LogP contribution >= 0.6 is 0 Å². The van der Waals surface area contributed by atoms with Crippen molar-refractivity contribution in [3.63, 3.8) is 0 Å². The monoisotopic (exact) mass is 453 g/mol. The van der Waals surface area contributed by atoms with Crippen molar-refractivity contribution in [1.29, 1.82) is 0 Å². The molecular weight excluding hydrogens is 418 g/mol. The molecule has 2 N–H and O–H groups in total. The number of fused-ring (bicyclic) bond motifs is 6. The Morgan fingerprint density at radius 3 is 2.76 bits per heavy atom. The Bertz CT molecular complexity index is 976. The van der Waals surface area contributed by atoms with Crippen LogP contribution in [0.15, 0.2) is 18.2 Å². The maximum absolute atomic E-state index is 13.8. The van der Waals surface area contributed by atoms with Crippen LogP contribution in [0.4, 0.5) is 4.79 Å². The number of hydrogen-bond donors (Lipinski definition) is 2. The highest BCUT2D eigenvalue weighted by molar-refractivity contribution is 6.08. The SMILES string of the molecule is C[C@]12CCC3c4ccc(O)cc4CCC3C1CCC21NC(=O)N(CCN2CCOCC2)C1=O. The quantitative estimate of drug-likeness (QED) is 0.688. The lowest BCUT2D eigenvalue weighted by atomic mass is 9.52. The molecule has 2 saturated heterocycles. The van der Waals surface area contributed by atoms with E-state index in [-0.39, 0.29) is 17.4 Å². The topological polar surface area (TPSA) is 82.1 Å². The minimum absolute atomic E-state index is 0.00495. The van der Waals surface area contributed by atoms with Gasteiger partial charge in [-0.25, -0.2) is 4.79 Å². The Kier molecular flexibility index (Phi) is 5.00. The van der Waals surface area contributed by atoms with Gasteiger partial charge >= 0.3 is 6.03 Å². The number of urea groups is 1. The molecule has 1 spiro atoms. The number of imide groups is 1. The number of nitrogens with one attached hydrogen (secondary N) is 1. The van der Waals surface area contributed by atoms with Crippen molar-refractivity contribution in [1.82, 2.24) is 15.1 Å². The Hall–Kier alpha value is -2.12. The molecule has 0 aromatic heterocycles. The van der Waals surface area contributed by atoms with Gasteiger partial charge in [0.2, 0.25) is 0 Å². The van der Waals surface area contributed by atoms with Gasteiger partial charge in [0, 0.05) is 31.6 Å². The molecule has 3 aliphatic carbocycles. The van der Waals surface area contributed by atoms with Crippen molar-refractivity contribution in [2.75, 3.05) is 39.4 Å². The zero-order chi connectivity index (χ0) is 22.8. The average molecular weight is 454 g/mol. The number of benzene rings is 1. The van der Waals surface area contributed by atoms with E-state index in [0.29, 0.717) is 36.6 Å². The summed E-state index contributed by atoms with van der Waals surface area (Å²) < 4.78 is 5.42. The van der Waals surface area contributed by atoms with E-state index >= 15 is 0 Å². The molecule has 4 unspecified atom stereocenters. The van der Waals surface area contributed by atoms with Gasteiger partial charge in [0.25, 0.3) is 5.91 Å². The van der Waals surface area contributed by atoms with Crippen molar-refractivity contribution >= 4 is 11.9 Å². The van der Waals surface area contributed by atoms with Gasteiger partial charge in [-0.05, 0) is 79.5 Å². The molecule has 7 heteroatoms. The van der Waals surface area contributed by atoms with Crippen molar-refractivity contribution in [3.05, 3.63) is 29.3 Å². The highest BCUT2D eigenvalue weighted by Gasteiger charge is 2.69. The fraction of sp³-hybridized carbons (Fsp3) is 0.692. The number of amides is 3. The standard InChI is InChI=1S/C26H35N3O4/c1-25-8-6-20-19-5-3-18(30)16-17(19)2-4-21(20)22(25)7-9-26(25)23(31)29(24(32)27-26)11-10-28-12-14-33-15-13-28/h3,5,16,20-22,30H,2,4,6-15H2,1H3,(H,27,32)/t20?,21?,22?,25-,26?/m0/s1. The van der Waals surface area contributed by atoms with Gasteiger partial charge in [-0.2, -0.15) is 0 Å². The number of phenolic OH excluding ortho intramolecular Hbond substituents is 1. The van der Waals surface area contributed by atoms with E-state index in [1.54, 1.807) is 0 Å². The zero-order valence-corrected chi connectivity index (χ0v) is 19.5. The first-order valence-electron chi connectivity index (χ1n) is 12.7. The number of rotatable bonds is 3. The Labute approximate surface area is 195 Å². The van der Waals surface area contributed by atoms with Gasteiger partial charge < -0.3 is 15.2 Å². The van der Waals surface area contributed by atoms with Gasteiger partial charge in [0.15, 0.2) is 0 Å². The molecule has 2 heterocycles. The fourth-order valence-corrected chi connectivity index (χ4v) is 8.06. The summed E-state index contributed by atoms with van der Waals surface area (Å²) in [5.74, 6) is 1.82. The Morgan fingerprint density at radius 2 is 1.94 bits per heavy atom. The maximum Gasteiger partial charge on any atom is 0.325 e. The molecule has 0 bridgehead atoms. The first-order chi connectivity index (χ1) is 15.9. The van der Waals surface area contributed by atoms with Crippen molar-refractivity contribution < 1.29 is 19.4 Å². The fourth-order valence-electron chi connectivity index (χ4n) is 8.06. The van der Waals surface area contributed by atoms with E-state index in [0.717, 1.165) is 64.8 Å². The lowest BCUT2D eigenvalue weighted by Crippen LogP contribution is -2.60. The van der Waals surface area contributed by atoms with Crippen LogP contribution in [-0.4, -0.2) is 71.8 Å². The van der Waals surface area contributed by atoms with Crippen molar-refractivity contribution in [2.45, 2.75) is 56.9 Å². The van der Waals surface area contributed by atoms with E-state index in [1.807, 2.05) is 12.1 Å². The second kappa shape index (κ2) is 7.70. The minimum Gasteiger partial charge on any atom is -0.508 e. The van der Waals surface area contributed by atoms with Crippen LogP contribution in [0.1, 0.15) is 56.1 Å². The molecule has 6 rings (SSSR count). The number of ether oxygens (including phenoxy) is 1. The number of nitrogens with zero attached hydrogens (tertiary/aromatic N) is 2. The predicted molar refractivity (Wildman–Crippen MR) is 123 cm³/mol. The second-order valence-corrected chi connectivity index (χ2v) is 11.0. The van der Waals surface area contributed by atoms with Gasteiger partial charge in [-0.1, -0.05) is 13.0 Å². The van der Waals surface area contributed by atoms with Crippen LogP contribution in [-0.2, 0) is 16.0 Å². The normalized spacial score (nSPS) is 38.2. The molecule has 2 saturated carbocycles. The van der Waals surface area contributed by atoms with Crippen LogP contribution in [0.2, 0.25) is 0 Å². The summed E-state index contributed by atoms with van der Waals surface area (Å²) in [6.45, 7) is 6.60. The highest BCUT2D eigenvalue weighted by atomic mass is 16.5. The summed E-state index contributed by atoms with van der Waals surface area (Å²) in [7, 11) is 0. The van der Waals surface area contributed by atoms with E-state index in [9.17, 15) is 14.7 Å². The number of carbonyl (C=O) groups is 2. The first kappa shape index (κ1) is 21.4. The molecule has 3 amide bonds. The molecule has 7 nitrogen and oxygen atoms in total. The summed E-state index contributed by atoms with van der Waals surface area (Å²) in [5, 5.41) is 13.2. The third kappa shape index (κ3) is 3.08. The molecule has 4 fully saturated rings. The van der Waals surface area contributed by atoms with Gasteiger partial charge in [-0.15, -0.1) is 0 Å². The lowest BCUT2D eigenvalue weighted by Gasteiger charge is -2.53. The molecule has 5 aliphatic rings. The van der Waals surface area contributed by atoms with Crippen LogP contribution in [0.5, 0.6) is 5.75 Å². The van der Waals surface area contributed by atoms with Crippen LogP contribution in [0.3, 0.4) is 0 Å². The molecule has 178 valence electrons. The van der Waals surface area contributed by atoms with Crippen LogP contribution in [0, 0.1) is 17.3 Å². The number of hydrogen-bond acceptors (Lipinski definition) is 5. The maximum atomic E-state index is 13.8. The van der Waals surface area contributed by atoms with Crippen molar-refractivity contribution in [3.8, 4) is 5.75 Å². The van der Waals surface area contributed by atoms with Crippen molar-refractivity contribution in [2.24, 2.45) is 17.3 Å². The molecule has 1 aromatic carbocycles. The number of morpholine rings is 1. The smallest absolute Gasteiger partial charge is 0.325 e. The van der Waals surface area contributed by atoms with Gasteiger partial charge in [0.1, 0.15) is 11.3 Å². The summed E-state index contributed by atoms with van der Waals surface area (Å²) in [6, 6.07) is 5.66. The van der Waals surface area contributed by atoms with Crippen LogP contribution in [0.25, 0.3) is 0 Å². The summed E-state index contributed by atoms with van der Waals surface area (Å²) in [5.41, 5.74) is 1.72. The van der Waals surface area contributed by atoms with Crippen LogP contribution < -0.4 is 5.32 Å². The van der Waals surface area contributed by atoms with E-state index in [1.165, 1.54) is 16.0 Å². The molecule has 2 aliphatic heterocycles. The molecule has 0 radical (unpaired) electrons. The van der Waals surface area contributed by atoms with E-state index in [4.69, 9.17) is 4.74 Å². The largest absolute Gasteiger partial charge is 0.508 e. The first-order valence-corrected chi connectivity index (χ1v) is 12.7. The number of aryl methyl sites for hydroxylation is 1. The lowest BCUT2D eigenvalue weighted by molar-refractivity contribution is -0.137. The molecule has 5 atom stereocenters. The summed E-state index contributed by atoms with van der Waals surface area (Å²) >= 11 is 0. The summed E-state index contributed by atoms with van der Waals surface area (Å²) in [6.07, 6.45) is 5.81. The van der Waals surface area contributed by atoms with E-state index in [2.05, 4.69) is 23.2 Å². The highest BCUT2D eigenvalue weighted by Crippen LogP contribution is 2.65. The second-order valence-electron chi connectivity index (χ2n) is 11.0. The minimum atomic E-state index is -0.750. The summed E-state index contributed by atoms with van der Waals surface area (Å²) in [4.78, 5) is 30.6. The number of carbonyl (C=O) groups excluding carboxylic acids is 2. The molecule has 33 heavy (non-hydrogen) atoms. The van der Waals surface area contributed by atoms with E-state index < -0.39 is 5.54 Å². The Morgan fingerprint density at radius 1 is 1.12 bits per heavy atom. The zero-order valence-electron chi connectivity index (χ0n) is 19.5. The Balaban J connectivity index is 1.23. The van der Waals surface area contributed by atoms with Gasteiger partial charge in [0.05, 0.1) is 13.2 Å².